The molecule has 0 unspecified atom stereocenters. The second kappa shape index (κ2) is 5.72. The van der Waals surface area contributed by atoms with Crippen LogP contribution in [-0.2, 0) is 10.0 Å². The van der Waals surface area contributed by atoms with E-state index in [1.54, 1.807) is 30.3 Å². The lowest BCUT2D eigenvalue weighted by Crippen LogP contribution is -2.14. The number of hydrogen-bond donors (Lipinski definition) is 2. The van der Waals surface area contributed by atoms with Crippen molar-refractivity contribution in [3.63, 3.8) is 0 Å². The predicted octanol–water partition coefficient (Wildman–Crippen LogP) is 2.84. The average molecular weight is 357 g/mol. The van der Waals surface area contributed by atoms with Gasteiger partial charge in [-0.2, -0.15) is 0 Å². The van der Waals surface area contributed by atoms with E-state index in [4.69, 9.17) is 10.5 Å². The molecule has 3 N–H and O–H groups in total. The van der Waals surface area contributed by atoms with Crippen LogP contribution in [0.15, 0.2) is 51.8 Å². The van der Waals surface area contributed by atoms with E-state index in [0.717, 1.165) is 0 Å². The summed E-state index contributed by atoms with van der Waals surface area (Å²) in [5.74, 6) is 0.518. The highest BCUT2D eigenvalue weighted by Gasteiger charge is 2.18. The molecule has 0 amide bonds. The molecule has 0 aromatic heterocycles. The van der Waals surface area contributed by atoms with Crippen molar-refractivity contribution >= 4 is 37.3 Å². The Kier molecular flexibility index (Phi) is 4.20. The van der Waals surface area contributed by atoms with Gasteiger partial charge in [-0.1, -0.05) is 12.1 Å². The SMILES string of the molecule is COc1ccc(N)c(NS(=O)(=O)c2ccccc2Br)c1. The van der Waals surface area contributed by atoms with Gasteiger partial charge in [0.05, 0.1) is 18.5 Å². The highest BCUT2D eigenvalue weighted by Crippen LogP contribution is 2.29. The van der Waals surface area contributed by atoms with Gasteiger partial charge in [-0.05, 0) is 40.2 Å². The Hall–Kier alpha value is -1.73. The lowest BCUT2D eigenvalue weighted by molar-refractivity contribution is 0.415. The number of nitrogens with two attached hydrogens (primary N) is 1. The molecule has 0 saturated heterocycles. The van der Waals surface area contributed by atoms with Crippen LogP contribution in [-0.4, -0.2) is 15.5 Å². The number of ether oxygens (including phenoxy) is 1. The lowest BCUT2D eigenvalue weighted by atomic mass is 10.2. The van der Waals surface area contributed by atoms with Crippen molar-refractivity contribution in [2.24, 2.45) is 0 Å². The first-order valence-corrected chi connectivity index (χ1v) is 7.92. The number of methoxy groups -OCH3 is 1. The molecule has 0 heterocycles. The minimum atomic E-state index is -3.72. The molecule has 0 bridgehead atoms. The Morgan fingerprint density at radius 2 is 1.90 bits per heavy atom. The third kappa shape index (κ3) is 3.05. The van der Waals surface area contributed by atoms with Crippen LogP contribution < -0.4 is 15.2 Å². The minimum absolute atomic E-state index is 0.141. The van der Waals surface area contributed by atoms with E-state index < -0.39 is 10.0 Å². The summed E-state index contributed by atoms with van der Waals surface area (Å²) in [6, 6.07) is 11.3. The molecule has 2 aromatic carbocycles. The van der Waals surface area contributed by atoms with Crippen molar-refractivity contribution in [1.29, 1.82) is 0 Å². The van der Waals surface area contributed by atoms with Crippen LogP contribution in [0.25, 0.3) is 0 Å². The van der Waals surface area contributed by atoms with E-state index in [-0.39, 0.29) is 10.6 Å². The first-order valence-electron chi connectivity index (χ1n) is 5.65. The molecule has 0 fully saturated rings. The maximum Gasteiger partial charge on any atom is 0.263 e. The highest BCUT2D eigenvalue weighted by molar-refractivity contribution is 9.10. The van der Waals surface area contributed by atoms with Crippen molar-refractivity contribution in [3.8, 4) is 5.75 Å². The Morgan fingerprint density at radius 1 is 1.20 bits per heavy atom. The zero-order valence-electron chi connectivity index (χ0n) is 10.6. The fraction of sp³-hybridized carbons (Fsp3) is 0.0769. The van der Waals surface area contributed by atoms with Crippen molar-refractivity contribution in [3.05, 3.63) is 46.9 Å². The molecule has 0 atom stereocenters. The molecule has 20 heavy (non-hydrogen) atoms. The molecule has 0 aliphatic carbocycles. The van der Waals surface area contributed by atoms with Crippen LogP contribution >= 0.6 is 15.9 Å². The number of rotatable bonds is 4. The number of nitrogens with one attached hydrogen (secondary N) is 1. The van der Waals surface area contributed by atoms with Gasteiger partial charge in [0.25, 0.3) is 10.0 Å². The smallest absolute Gasteiger partial charge is 0.263 e. The molecule has 0 saturated carbocycles. The fourth-order valence-electron chi connectivity index (χ4n) is 1.61. The second-order valence-corrected chi connectivity index (χ2v) is 6.49. The normalized spacial score (nSPS) is 11.1. The summed E-state index contributed by atoms with van der Waals surface area (Å²) >= 11 is 3.22. The van der Waals surface area contributed by atoms with Gasteiger partial charge in [0.1, 0.15) is 10.6 Å². The summed E-state index contributed by atoms with van der Waals surface area (Å²) < 4.78 is 32.7. The van der Waals surface area contributed by atoms with E-state index >= 15 is 0 Å². The predicted molar refractivity (Wildman–Crippen MR) is 82.4 cm³/mol. The number of halogens is 1. The van der Waals surface area contributed by atoms with Gasteiger partial charge in [-0.25, -0.2) is 8.42 Å². The summed E-state index contributed by atoms with van der Waals surface area (Å²) in [7, 11) is -2.23. The van der Waals surface area contributed by atoms with Gasteiger partial charge in [-0.3, -0.25) is 4.72 Å². The number of anilines is 2. The highest BCUT2D eigenvalue weighted by atomic mass is 79.9. The second-order valence-electron chi connectivity index (χ2n) is 3.99. The van der Waals surface area contributed by atoms with Gasteiger partial charge in [0, 0.05) is 10.5 Å². The van der Waals surface area contributed by atoms with Crippen molar-refractivity contribution in [2.75, 3.05) is 17.6 Å². The molecule has 2 aromatic rings. The van der Waals surface area contributed by atoms with E-state index in [1.165, 1.54) is 19.2 Å². The maximum absolute atomic E-state index is 12.3. The minimum Gasteiger partial charge on any atom is -0.497 e. The van der Waals surface area contributed by atoms with Gasteiger partial charge in [-0.15, -0.1) is 0 Å². The van der Waals surface area contributed by atoms with E-state index in [9.17, 15) is 8.42 Å². The summed E-state index contributed by atoms with van der Waals surface area (Å²) in [6.45, 7) is 0. The standard InChI is InChI=1S/C13H13BrN2O3S/c1-19-9-6-7-11(15)12(8-9)16-20(17,18)13-5-3-2-4-10(13)14/h2-8,16H,15H2,1H3. The molecular weight excluding hydrogens is 344 g/mol. The number of benzene rings is 2. The van der Waals surface area contributed by atoms with Crippen LogP contribution in [0.3, 0.4) is 0 Å². The van der Waals surface area contributed by atoms with Gasteiger partial charge < -0.3 is 10.5 Å². The van der Waals surface area contributed by atoms with Crippen LogP contribution in [0, 0.1) is 0 Å². The Bertz CT molecular complexity index is 732. The number of nitrogen functional groups attached to an aromatic ring is 1. The third-order valence-electron chi connectivity index (χ3n) is 2.63. The van der Waals surface area contributed by atoms with E-state index in [2.05, 4.69) is 20.7 Å². The molecule has 0 radical (unpaired) electrons. The van der Waals surface area contributed by atoms with Crippen molar-refractivity contribution in [2.45, 2.75) is 4.90 Å². The van der Waals surface area contributed by atoms with Crippen molar-refractivity contribution in [1.82, 2.24) is 0 Å². The monoisotopic (exact) mass is 356 g/mol. The molecule has 5 nitrogen and oxygen atoms in total. The largest absolute Gasteiger partial charge is 0.497 e. The zero-order valence-corrected chi connectivity index (χ0v) is 13.0. The van der Waals surface area contributed by atoms with Crippen LogP contribution in [0.2, 0.25) is 0 Å². The molecule has 2 rings (SSSR count). The molecule has 0 spiro atoms. The molecule has 106 valence electrons. The Morgan fingerprint density at radius 3 is 2.55 bits per heavy atom. The zero-order chi connectivity index (χ0) is 14.8. The first-order chi connectivity index (χ1) is 9.44. The first kappa shape index (κ1) is 14.7. The number of sulfonamides is 1. The quantitative estimate of drug-likeness (QED) is 0.825. The van der Waals surface area contributed by atoms with Crippen LogP contribution in [0.5, 0.6) is 5.75 Å². The summed E-state index contributed by atoms with van der Waals surface area (Å²) in [4.78, 5) is 0.141. The van der Waals surface area contributed by atoms with E-state index in [1.807, 2.05) is 0 Å². The maximum atomic E-state index is 12.3. The molecule has 0 aliphatic rings. The van der Waals surface area contributed by atoms with Crippen molar-refractivity contribution < 1.29 is 13.2 Å². The summed E-state index contributed by atoms with van der Waals surface area (Å²) in [5.41, 5.74) is 6.37. The van der Waals surface area contributed by atoms with Crippen LogP contribution in [0.4, 0.5) is 11.4 Å². The van der Waals surface area contributed by atoms with Crippen LogP contribution in [0.1, 0.15) is 0 Å². The summed E-state index contributed by atoms with van der Waals surface area (Å²) in [6.07, 6.45) is 0. The van der Waals surface area contributed by atoms with E-state index in [0.29, 0.717) is 15.9 Å². The number of hydrogen-bond acceptors (Lipinski definition) is 4. The molecule has 7 heteroatoms. The lowest BCUT2D eigenvalue weighted by Gasteiger charge is -2.12. The van der Waals surface area contributed by atoms with Gasteiger partial charge >= 0.3 is 0 Å². The topological polar surface area (TPSA) is 81.4 Å². The molecule has 0 aliphatic heterocycles. The fourth-order valence-corrected chi connectivity index (χ4v) is 3.70. The third-order valence-corrected chi connectivity index (χ3v) is 5.01. The van der Waals surface area contributed by atoms with Gasteiger partial charge in [0.15, 0.2) is 0 Å². The summed E-state index contributed by atoms with van der Waals surface area (Å²) in [5, 5.41) is 0. The Labute approximate surface area is 125 Å². The average Bonchev–Trinajstić information content (AvgIpc) is 2.41. The van der Waals surface area contributed by atoms with Gasteiger partial charge in [0.2, 0.25) is 0 Å². The Balaban J connectivity index is 2.41. The molecular formula is C13H13BrN2O3S.